The maximum Gasteiger partial charge on any atom is 0.153 e. The van der Waals surface area contributed by atoms with E-state index in [1.54, 1.807) is 7.11 Å². The van der Waals surface area contributed by atoms with Crippen LogP contribution in [0.15, 0.2) is 72.8 Å². The molecule has 0 spiro atoms. The third-order valence-electron chi connectivity index (χ3n) is 4.18. The lowest BCUT2D eigenvalue weighted by Crippen LogP contribution is -2.04. The number of hydrogen-bond donors (Lipinski definition) is 0. The van der Waals surface area contributed by atoms with E-state index in [1.807, 2.05) is 48.5 Å². The van der Waals surface area contributed by atoms with E-state index in [4.69, 9.17) is 4.74 Å². The van der Waals surface area contributed by atoms with Crippen molar-refractivity contribution in [2.75, 3.05) is 7.11 Å². The topological polar surface area (TPSA) is 26.3 Å². The predicted octanol–water partition coefficient (Wildman–Crippen LogP) is 4.69. The van der Waals surface area contributed by atoms with Crippen LogP contribution in [0, 0.1) is 0 Å². The second-order valence-electron chi connectivity index (χ2n) is 5.77. The first kappa shape index (κ1) is 16.0. The Balaban J connectivity index is 2.05. The number of methoxy groups -OCH3 is 1. The summed E-state index contributed by atoms with van der Waals surface area (Å²) in [5, 5.41) is 0. The van der Waals surface area contributed by atoms with Crippen molar-refractivity contribution in [2.45, 2.75) is 12.8 Å². The molecule has 0 aliphatic rings. The summed E-state index contributed by atoms with van der Waals surface area (Å²) >= 11 is 0. The van der Waals surface area contributed by atoms with Crippen LogP contribution in [0.1, 0.15) is 32.6 Å². The Morgan fingerprint density at radius 1 is 0.792 bits per heavy atom. The lowest BCUT2D eigenvalue weighted by Gasteiger charge is -2.16. The highest BCUT2D eigenvalue weighted by Crippen LogP contribution is 2.30. The van der Waals surface area contributed by atoms with Crippen LogP contribution in [0.2, 0.25) is 0 Å². The minimum Gasteiger partial charge on any atom is -0.496 e. The van der Waals surface area contributed by atoms with Gasteiger partial charge in [0.05, 0.1) is 12.7 Å². The van der Waals surface area contributed by atoms with Gasteiger partial charge < -0.3 is 4.74 Å². The fraction of sp³-hybridized carbons (Fsp3) is 0.136. The molecule has 3 aromatic rings. The highest BCUT2D eigenvalue weighted by Gasteiger charge is 2.15. The molecular weight excluding hydrogens is 296 g/mol. The van der Waals surface area contributed by atoms with Gasteiger partial charge in [0.15, 0.2) is 6.29 Å². The molecule has 0 aliphatic heterocycles. The van der Waals surface area contributed by atoms with Crippen LogP contribution in [0.4, 0.5) is 0 Å². The monoisotopic (exact) mass is 316 g/mol. The standard InChI is InChI=1S/C22H20O2/c1-24-22-20(16-23)13-12-19(14-17-8-4-2-5-9-17)21(22)15-18-10-6-3-7-11-18/h2-13,16H,14-15H2,1H3. The largest absolute Gasteiger partial charge is 0.496 e. The van der Waals surface area contributed by atoms with E-state index < -0.39 is 0 Å². The van der Waals surface area contributed by atoms with Crippen molar-refractivity contribution in [1.82, 2.24) is 0 Å². The fourth-order valence-corrected chi connectivity index (χ4v) is 3.00. The SMILES string of the molecule is COc1c(C=O)ccc(Cc2ccccc2)c1Cc1ccccc1. The molecule has 0 atom stereocenters. The van der Waals surface area contributed by atoms with Crippen molar-refractivity contribution in [3.63, 3.8) is 0 Å². The van der Waals surface area contributed by atoms with Gasteiger partial charge in [0, 0.05) is 12.0 Å². The minimum absolute atomic E-state index is 0.597. The van der Waals surface area contributed by atoms with Crippen LogP contribution in [0.25, 0.3) is 0 Å². The van der Waals surface area contributed by atoms with Gasteiger partial charge in [0.2, 0.25) is 0 Å². The molecular formula is C22H20O2. The van der Waals surface area contributed by atoms with Crippen molar-refractivity contribution >= 4 is 6.29 Å². The Labute approximate surface area is 142 Å². The van der Waals surface area contributed by atoms with Gasteiger partial charge >= 0.3 is 0 Å². The summed E-state index contributed by atoms with van der Waals surface area (Å²) in [5.74, 6) is 0.683. The van der Waals surface area contributed by atoms with Crippen molar-refractivity contribution in [3.05, 3.63) is 101 Å². The Kier molecular flexibility index (Phi) is 5.07. The van der Waals surface area contributed by atoms with Gasteiger partial charge in [0.1, 0.15) is 5.75 Å². The fourth-order valence-electron chi connectivity index (χ4n) is 3.00. The van der Waals surface area contributed by atoms with Gasteiger partial charge in [-0.25, -0.2) is 0 Å². The molecule has 0 unspecified atom stereocenters. The van der Waals surface area contributed by atoms with Gasteiger partial charge in [-0.05, 0) is 29.2 Å². The molecule has 0 heterocycles. The van der Waals surface area contributed by atoms with E-state index in [-0.39, 0.29) is 0 Å². The number of rotatable bonds is 6. The predicted molar refractivity (Wildman–Crippen MR) is 96.9 cm³/mol. The summed E-state index contributed by atoms with van der Waals surface area (Å²) in [6.07, 6.45) is 2.42. The molecule has 120 valence electrons. The molecule has 0 radical (unpaired) electrons. The zero-order chi connectivity index (χ0) is 16.8. The molecule has 3 aromatic carbocycles. The summed E-state index contributed by atoms with van der Waals surface area (Å²) < 4.78 is 5.59. The summed E-state index contributed by atoms with van der Waals surface area (Å²) in [5.41, 5.74) is 5.31. The highest BCUT2D eigenvalue weighted by molar-refractivity contribution is 5.81. The Bertz CT molecular complexity index is 808. The van der Waals surface area contributed by atoms with E-state index in [9.17, 15) is 4.79 Å². The lowest BCUT2D eigenvalue weighted by atomic mass is 9.92. The average Bonchev–Trinajstić information content (AvgIpc) is 2.64. The van der Waals surface area contributed by atoms with Crippen molar-refractivity contribution < 1.29 is 9.53 Å². The zero-order valence-corrected chi connectivity index (χ0v) is 13.7. The van der Waals surface area contributed by atoms with Gasteiger partial charge in [-0.2, -0.15) is 0 Å². The van der Waals surface area contributed by atoms with Crippen molar-refractivity contribution in [3.8, 4) is 5.75 Å². The second-order valence-corrected chi connectivity index (χ2v) is 5.77. The summed E-state index contributed by atoms with van der Waals surface area (Å²) in [6, 6.07) is 24.5. The summed E-state index contributed by atoms with van der Waals surface area (Å²) in [7, 11) is 1.63. The summed E-state index contributed by atoms with van der Waals surface area (Å²) in [4.78, 5) is 11.4. The average molecular weight is 316 g/mol. The second kappa shape index (κ2) is 7.60. The molecule has 0 saturated carbocycles. The first-order valence-electron chi connectivity index (χ1n) is 8.03. The number of benzene rings is 3. The molecule has 24 heavy (non-hydrogen) atoms. The van der Waals surface area contributed by atoms with Crippen LogP contribution in [0.3, 0.4) is 0 Å². The first-order chi connectivity index (χ1) is 11.8. The molecule has 0 saturated heterocycles. The van der Waals surface area contributed by atoms with Crippen molar-refractivity contribution in [2.24, 2.45) is 0 Å². The number of carbonyl (C=O) groups is 1. The number of aldehydes is 1. The molecule has 0 fully saturated rings. The molecule has 3 rings (SSSR count). The minimum atomic E-state index is 0.597. The van der Waals surface area contributed by atoms with Gasteiger partial charge in [-0.15, -0.1) is 0 Å². The number of hydrogen-bond acceptors (Lipinski definition) is 2. The molecule has 0 aromatic heterocycles. The Morgan fingerprint density at radius 2 is 1.38 bits per heavy atom. The van der Waals surface area contributed by atoms with Gasteiger partial charge in [-0.1, -0.05) is 66.7 Å². The third-order valence-corrected chi connectivity index (χ3v) is 4.18. The molecule has 2 heteroatoms. The van der Waals surface area contributed by atoms with E-state index in [0.29, 0.717) is 11.3 Å². The van der Waals surface area contributed by atoms with E-state index in [1.165, 1.54) is 16.7 Å². The Hall–Kier alpha value is -2.87. The lowest BCUT2D eigenvalue weighted by molar-refractivity contribution is 0.112. The van der Waals surface area contributed by atoms with Crippen LogP contribution in [-0.4, -0.2) is 13.4 Å². The van der Waals surface area contributed by atoms with Gasteiger partial charge in [-0.3, -0.25) is 4.79 Å². The normalized spacial score (nSPS) is 10.4. The quantitative estimate of drug-likeness (QED) is 0.617. The van der Waals surface area contributed by atoms with Crippen LogP contribution >= 0.6 is 0 Å². The van der Waals surface area contributed by atoms with E-state index in [0.717, 1.165) is 24.7 Å². The maximum atomic E-state index is 11.4. The molecule has 2 nitrogen and oxygen atoms in total. The van der Waals surface area contributed by atoms with Crippen LogP contribution in [0.5, 0.6) is 5.75 Å². The summed E-state index contributed by atoms with van der Waals surface area (Å²) in [6.45, 7) is 0. The highest BCUT2D eigenvalue weighted by atomic mass is 16.5. The smallest absolute Gasteiger partial charge is 0.153 e. The molecule has 0 amide bonds. The number of carbonyl (C=O) groups excluding carboxylic acids is 1. The van der Waals surface area contributed by atoms with Gasteiger partial charge in [0.25, 0.3) is 0 Å². The van der Waals surface area contributed by atoms with Crippen LogP contribution in [-0.2, 0) is 12.8 Å². The Morgan fingerprint density at radius 3 is 1.92 bits per heavy atom. The van der Waals surface area contributed by atoms with E-state index in [2.05, 4.69) is 24.3 Å². The maximum absolute atomic E-state index is 11.4. The van der Waals surface area contributed by atoms with E-state index >= 15 is 0 Å². The third kappa shape index (κ3) is 3.54. The molecule has 0 aliphatic carbocycles. The molecule has 0 N–H and O–H groups in total. The zero-order valence-electron chi connectivity index (χ0n) is 13.7. The van der Waals surface area contributed by atoms with Crippen LogP contribution < -0.4 is 4.74 Å². The first-order valence-corrected chi connectivity index (χ1v) is 8.03. The number of ether oxygens (including phenoxy) is 1. The molecule has 0 bridgehead atoms. The van der Waals surface area contributed by atoms with Crippen molar-refractivity contribution in [1.29, 1.82) is 0 Å².